The summed E-state index contributed by atoms with van der Waals surface area (Å²) < 4.78 is 5.38. The molecule has 0 aromatic carbocycles. The van der Waals surface area contributed by atoms with Gasteiger partial charge in [-0.15, -0.1) is 24.0 Å². The standard InChI is InChI=1S/C20H38N6O.HI/c1-6-21-20(23-14-18-12-19(16(3)4)24-27-18)22-13-17(5)15-26-10-8-25(7-2)9-11-26;/h12,16-17H,6-11,13-15H2,1-5H3,(H2,21,22,23);1H. The van der Waals surface area contributed by atoms with Crippen LogP contribution in [0.25, 0.3) is 0 Å². The summed E-state index contributed by atoms with van der Waals surface area (Å²) in [5.74, 6) is 2.58. The summed E-state index contributed by atoms with van der Waals surface area (Å²) in [5, 5.41) is 10.9. The Morgan fingerprint density at radius 1 is 1.14 bits per heavy atom. The molecule has 1 aliphatic rings. The molecule has 1 unspecified atom stereocenters. The van der Waals surface area contributed by atoms with Crippen LogP contribution in [0, 0.1) is 5.92 Å². The second-order valence-electron chi connectivity index (χ2n) is 7.79. The van der Waals surface area contributed by atoms with Crippen LogP contribution >= 0.6 is 24.0 Å². The minimum atomic E-state index is 0. The lowest BCUT2D eigenvalue weighted by molar-refractivity contribution is 0.124. The number of nitrogens with one attached hydrogen (secondary N) is 2. The number of likely N-dealkylation sites (N-methyl/N-ethyl adjacent to an activating group) is 1. The zero-order valence-corrected chi connectivity index (χ0v) is 20.5. The van der Waals surface area contributed by atoms with E-state index in [9.17, 15) is 0 Å². The van der Waals surface area contributed by atoms with E-state index < -0.39 is 0 Å². The Morgan fingerprint density at radius 2 is 1.82 bits per heavy atom. The highest BCUT2D eigenvalue weighted by Gasteiger charge is 2.17. The summed E-state index contributed by atoms with van der Waals surface area (Å²) in [7, 11) is 0. The van der Waals surface area contributed by atoms with Crippen molar-refractivity contribution in [2.45, 2.75) is 47.1 Å². The van der Waals surface area contributed by atoms with Crippen molar-refractivity contribution in [3.05, 3.63) is 17.5 Å². The van der Waals surface area contributed by atoms with Gasteiger partial charge in [0.25, 0.3) is 0 Å². The van der Waals surface area contributed by atoms with Gasteiger partial charge in [-0.1, -0.05) is 32.9 Å². The number of nitrogens with zero attached hydrogens (tertiary/aromatic N) is 4. The van der Waals surface area contributed by atoms with Gasteiger partial charge in [-0.05, 0) is 25.3 Å². The van der Waals surface area contributed by atoms with Crippen molar-refractivity contribution in [1.29, 1.82) is 0 Å². The van der Waals surface area contributed by atoms with E-state index in [2.05, 4.69) is 65.2 Å². The van der Waals surface area contributed by atoms with Gasteiger partial charge in [-0.3, -0.25) is 0 Å². The van der Waals surface area contributed by atoms with Gasteiger partial charge in [0.05, 0.1) is 5.69 Å². The van der Waals surface area contributed by atoms with Crippen molar-refractivity contribution in [2.24, 2.45) is 10.9 Å². The Bertz CT molecular complexity index is 569. The summed E-state index contributed by atoms with van der Waals surface area (Å²) >= 11 is 0. The predicted octanol–water partition coefficient (Wildman–Crippen LogP) is 2.74. The summed E-state index contributed by atoms with van der Waals surface area (Å²) in [5.41, 5.74) is 0.981. The summed E-state index contributed by atoms with van der Waals surface area (Å²) in [6.45, 7) is 20.1. The molecule has 2 heterocycles. The molecule has 0 aliphatic carbocycles. The van der Waals surface area contributed by atoms with Gasteiger partial charge >= 0.3 is 0 Å². The second kappa shape index (κ2) is 13.4. The lowest BCUT2D eigenvalue weighted by Gasteiger charge is -2.35. The maximum absolute atomic E-state index is 5.38. The summed E-state index contributed by atoms with van der Waals surface area (Å²) in [4.78, 5) is 9.73. The number of piperazine rings is 1. The van der Waals surface area contributed by atoms with Gasteiger partial charge in [0, 0.05) is 51.9 Å². The minimum Gasteiger partial charge on any atom is -0.359 e. The van der Waals surface area contributed by atoms with Crippen LogP contribution in [0.2, 0.25) is 0 Å². The highest BCUT2D eigenvalue weighted by molar-refractivity contribution is 14.0. The van der Waals surface area contributed by atoms with E-state index in [0.717, 1.165) is 43.6 Å². The zero-order valence-electron chi connectivity index (χ0n) is 18.2. The van der Waals surface area contributed by atoms with E-state index in [0.29, 0.717) is 18.4 Å². The molecule has 28 heavy (non-hydrogen) atoms. The van der Waals surface area contributed by atoms with Crippen LogP contribution in [-0.4, -0.2) is 73.3 Å². The fraction of sp³-hybridized carbons (Fsp3) is 0.800. The maximum Gasteiger partial charge on any atom is 0.191 e. The van der Waals surface area contributed by atoms with Crippen molar-refractivity contribution in [3.8, 4) is 0 Å². The molecule has 2 N–H and O–H groups in total. The monoisotopic (exact) mass is 506 g/mol. The summed E-state index contributed by atoms with van der Waals surface area (Å²) in [6, 6.07) is 2.00. The first-order valence-corrected chi connectivity index (χ1v) is 10.4. The van der Waals surface area contributed by atoms with Gasteiger partial charge in [-0.2, -0.15) is 0 Å². The Kier molecular flexibility index (Phi) is 12.0. The number of hydrogen-bond donors (Lipinski definition) is 2. The van der Waals surface area contributed by atoms with E-state index in [1.165, 1.54) is 26.2 Å². The molecule has 0 bridgehead atoms. The van der Waals surface area contributed by atoms with Gasteiger partial charge in [0.2, 0.25) is 0 Å². The Labute approximate surface area is 187 Å². The van der Waals surface area contributed by atoms with E-state index in [1.807, 2.05) is 6.07 Å². The van der Waals surface area contributed by atoms with Crippen molar-refractivity contribution < 1.29 is 4.52 Å². The van der Waals surface area contributed by atoms with Gasteiger partial charge in [0.15, 0.2) is 11.7 Å². The molecule has 1 aliphatic heterocycles. The fourth-order valence-electron chi connectivity index (χ4n) is 3.24. The van der Waals surface area contributed by atoms with E-state index in [1.54, 1.807) is 0 Å². The normalized spacial score (nSPS) is 17.4. The van der Waals surface area contributed by atoms with Crippen LogP contribution in [0.4, 0.5) is 0 Å². The molecule has 2 rings (SSSR count). The molecule has 1 atom stereocenters. The molecule has 8 heteroatoms. The molecular formula is C20H39IN6O. The topological polar surface area (TPSA) is 68.9 Å². The molecule has 0 spiro atoms. The highest BCUT2D eigenvalue weighted by atomic mass is 127. The van der Waals surface area contributed by atoms with Gasteiger partial charge in [0.1, 0.15) is 6.54 Å². The third-order valence-corrected chi connectivity index (χ3v) is 5.01. The quantitative estimate of drug-likeness (QED) is 0.305. The number of aliphatic imine (C=N–C) groups is 1. The van der Waals surface area contributed by atoms with E-state index in [4.69, 9.17) is 4.52 Å². The van der Waals surface area contributed by atoms with E-state index >= 15 is 0 Å². The molecule has 0 radical (unpaired) electrons. The smallest absolute Gasteiger partial charge is 0.191 e. The number of halogens is 1. The minimum absolute atomic E-state index is 0. The van der Waals surface area contributed by atoms with Crippen LogP contribution in [0.3, 0.4) is 0 Å². The first-order chi connectivity index (χ1) is 13.0. The Hall–Kier alpha value is -0.870. The van der Waals surface area contributed by atoms with Crippen molar-refractivity contribution in [2.75, 3.05) is 52.4 Å². The second-order valence-corrected chi connectivity index (χ2v) is 7.79. The Morgan fingerprint density at radius 3 is 2.39 bits per heavy atom. The molecule has 0 amide bonds. The molecule has 1 aromatic heterocycles. The van der Waals surface area contributed by atoms with Crippen LogP contribution in [0.1, 0.15) is 52.0 Å². The zero-order chi connectivity index (χ0) is 19.6. The first kappa shape index (κ1) is 25.2. The molecule has 162 valence electrons. The van der Waals surface area contributed by atoms with Gasteiger partial charge in [-0.25, -0.2) is 4.99 Å². The highest BCUT2D eigenvalue weighted by Crippen LogP contribution is 2.14. The summed E-state index contributed by atoms with van der Waals surface area (Å²) in [6.07, 6.45) is 0. The average Bonchev–Trinajstić information content (AvgIpc) is 3.14. The number of rotatable bonds is 9. The van der Waals surface area contributed by atoms with Crippen molar-refractivity contribution in [3.63, 3.8) is 0 Å². The molecule has 7 nitrogen and oxygen atoms in total. The van der Waals surface area contributed by atoms with Crippen LogP contribution < -0.4 is 10.6 Å². The third kappa shape index (κ3) is 8.65. The maximum atomic E-state index is 5.38. The van der Waals surface area contributed by atoms with Gasteiger partial charge < -0.3 is 25.0 Å². The molecule has 1 fully saturated rings. The SMILES string of the molecule is CCNC(=NCc1cc(C(C)C)no1)NCC(C)CN1CCN(CC)CC1.I. The number of aromatic nitrogens is 1. The average molecular weight is 506 g/mol. The Balaban J connectivity index is 0.00000392. The van der Waals surface area contributed by atoms with E-state index in [-0.39, 0.29) is 24.0 Å². The fourth-order valence-corrected chi connectivity index (χ4v) is 3.24. The molecule has 0 saturated carbocycles. The van der Waals surface area contributed by atoms with Crippen LogP contribution in [-0.2, 0) is 6.54 Å². The van der Waals surface area contributed by atoms with Crippen molar-refractivity contribution >= 4 is 29.9 Å². The lowest BCUT2D eigenvalue weighted by atomic mass is 10.1. The molecular weight excluding hydrogens is 467 g/mol. The number of hydrogen-bond acceptors (Lipinski definition) is 5. The first-order valence-electron chi connectivity index (χ1n) is 10.4. The molecule has 1 aromatic rings. The third-order valence-electron chi connectivity index (χ3n) is 5.01. The largest absolute Gasteiger partial charge is 0.359 e. The van der Waals surface area contributed by atoms with Crippen LogP contribution in [0.15, 0.2) is 15.6 Å². The lowest BCUT2D eigenvalue weighted by Crippen LogP contribution is -2.48. The number of guanidine groups is 1. The predicted molar refractivity (Wildman–Crippen MR) is 127 cm³/mol. The molecule has 1 saturated heterocycles. The van der Waals surface area contributed by atoms with Crippen molar-refractivity contribution in [1.82, 2.24) is 25.6 Å². The van der Waals surface area contributed by atoms with Crippen LogP contribution in [0.5, 0.6) is 0 Å².